The maximum atomic E-state index is 13.1. The molecule has 0 saturated carbocycles. The number of anilines is 1. The number of aromatic nitrogens is 2. The van der Waals surface area contributed by atoms with Gasteiger partial charge >= 0.3 is 0 Å². The van der Waals surface area contributed by atoms with Crippen molar-refractivity contribution in [2.45, 2.75) is 26.8 Å². The molecule has 0 bridgehead atoms. The Kier molecular flexibility index (Phi) is 7.32. The van der Waals surface area contributed by atoms with Crippen LogP contribution in [-0.2, 0) is 4.79 Å². The van der Waals surface area contributed by atoms with Gasteiger partial charge in [-0.2, -0.15) is 0 Å². The Hall–Kier alpha value is -3.90. The first-order valence-corrected chi connectivity index (χ1v) is 11.8. The Bertz CT molecular complexity index is 1330. The minimum Gasteiger partial charge on any atom is -0.327 e. The van der Waals surface area contributed by atoms with Crippen molar-refractivity contribution in [2.24, 2.45) is 0 Å². The Balaban J connectivity index is 1.62. The van der Waals surface area contributed by atoms with E-state index in [9.17, 15) is 9.59 Å². The molecular formula is C28H27ClN4O2. The number of amides is 2. The van der Waals surface area contributed by atoms with Crippen LogP contribution in [0.1, 0.15) is 29.8 Å². The van der Waals surface area contributed by atoms with Gasteiger partial charge in [-0.3, -0.25) is 19.5 Å². The minimum atomic E-state index is -0.349. The zero-order valence-electron chi connectivity index (χ0n) is 19.9. The summed E-state index contributed by atoms with van der Waals surface area (Å²) in [4.78, 5) is 32.5. The van der Waals surface area contributed by atoms with Crippen molar-refractivity contribution in [2.75, 3.05) is 11.9 Å². The first kappa shape index (κ1) is 24.2. The van der Waals surface area contributed by atoms with Gasteiger partial charge in [0.1, 0.15) is 6.54 Å². The summed E-state index contributed by atoms with van der Waals surface area (Å²) in [6.45, 7) is 5.61. The van der Waals surface area contributed by atoms with Gasteiger partial charge in [0.15, 0.2) is 0 Å². The predicted molar refractivity (Wildman–Crippen MR) is 140 cm³/mol. The smallest absolute Gasteiger partial charge is 0.256 e. The number of carbonyl (C=O) groups excluding carboxylic acids is 2. The summed E-state index contributed by atoms with van der Waals surface area (Å²) in [5.74, 6) is -0.267. The number of benzene rings is 3. The maximum absolute atomic E-state index is 13.1. The van der Waals surface area contributed by atoms with E-state index in [0.29, 0.717) is 16.5 Å². The maximum Gasteiger partial charge on any atom is 0.256 e. The first-order valence-electron chi connectivity index (χ1n) is 11.4. The molecule has 4 rings (SSSR count). The summed E-state index contributed by atoms with van der Waals surface area (Å²) in [6, 6.07) is 24.4. The highest BCUT2D eigenvalue weighted by Gasteiger charge is 2.24. The van der Waals surface area contributed by atoms with Gasteiger partial charge in [-0.15, -0.1) is 0 Å². The average Bonchev–Trinajstić information content (AvgIpc) is 3.27. The predicted octanol–water partition coefficient (Wildman–Crippen LogP) is 5.99. The van der Waals surface area contributed by atoms with Crippen LogP contribution in [0.3, 0.4) is 0 Å². The van der Waals surface area contributed by atoms with Crippen LogP contribution < -0.4 is 5.32 Å². The second-order valence-electron chi connectivity index (χ2n) is 8.58. The minimum absolute atomic E-state index is 0.136. The van der Waals surface area contributed by atoms with Crippen LogP contribution in [0.25, 0.3) is 16.9 Å². The number of aryl methyl sites for hydroxylation is 1. The number of nitrogens with zero attached hydrogens (tertiary/aromatic N) is 3. The van der Waals surface area contributed by atoms with Crippen LogP contribution in [0.4, 0.5) is 5.95 Å². The SMILES string of the molecule is Cc1ccc(-n2cc(-c3ccccc3)nc2NC(=O)CN(C(=O)c2ccccc2Cl)C(C)C)cc1. The topological polar surface area (TPSA) is 67.2 Å². The van der Waals surface area contributed by atoms with Crippen molar-refractivity contribution in [3.05, 3.63) is 101 Å². The molecule has 0 radical (unpaired) electrons. The normalized spacial score (nSPS) is 10.9. The lowest BCUT2D eigenvalue weighted by molar-refractivity contribution is -0.117. The van der Waals surface area contributed by atoms with Crippen molar-refractivity contribution < 1.29 is 9.59 Å². The number of imidazole rings is 1. The third kappa shape index (κ3) is 5.61. The monoisotopic (exact) mass is 486 g/mol. The molecule has 0 fully saturated rings. The van der Waals surface area contributed by atoms with Gasteiger partial charge < -0.3 is 4.90 Å². The molecule has 1 aromatic heterocycles. The highest BCUT2D eigenvalue weighted by molar-refractivity contribution is 6.33. The lowest BCUT2D eigenvalue weighted by Gasteiger charge is -2.26. The van der Waals surface area contributed by atoms with E-state index in [1.54, 1.807) is 24.3 Å². The van der Waals surface area contributed by atoms with Gasteiger partial charge in [-0.1, -0.05) is 71.8 Å². The molecule has 178 valence electrons. The molecule has 4 aromatic rings. The Labute approximate surface area is 210 Å². The van der Waals surface area contributed by atoms with Gasteiger partial charge in [0.25, 0.3) is 5.91 Å². The Morgan fingerprint density at radius 3 is 2.29 bits per heavy atom. The molecule has 0 saturated heterocycles. The number of hydrogen-bond donors (Lipinski definition) is 1. The van der Waals surface area contributed by atoms with E-state index < -0.39 is 0 Å². The van der Waals surface area contributed by atoms with E-state index in [2.05, 4.69) is 5.32 Å². The van der Waals surface area contributed by atoms with Crippen LogP contribution in [0.15, 0.2) is 85.1 Å². The quantitative estimate of drug-likeness (QED) is 0.349. The molecule has 0 aliphatic rings. The van der Waals surface area contributed by atoms with Crippen molar-refractivity contribution in [1.82, 2.24) is 14.5 Å². The highest BCUT2D eigenvalue weighted by atomic mass is 35.5. The highest BCUT2D eigenvalue weighted by Crippen LogP contribution is 2.25. The molecule has 0 unspecified atom stereocenters. The van der Waals surface area contributed by atoms with Gasteiger partial charge in [-0.05, 0) is 45.0 Å². The molecule has 7 heteroatoms. The van der Waals surface area contributed by atoms with Crippen LogP contribution in [0.5, 0.6) is 0 Å². The summed E-state index contributed by atoms with van der Waals surface area (Å²) in [5.41, 5.74) is 4.03. The van der Waals surface area contributed by atoms with Crippen LogP contribution >= 0.6 is 11.6 Å². The molecule has 1 heterocycles. The lowest BCUT2D eigenvalue weighted by Crippen LogP contribution is -2.42. The zero-order valence-corrected chi connectivity index (χ0v) is 20.7. The Morgan fingerprint density at radius 2 is 1.63 bits per heavy atom. The van der Waals surface area contributed by atoms with E-state index in [1.807, 2.05) is 86.1 Å². The molecule has 1 N–H and O–H groups in total. The van der Waals surface area contributed by atoms with E-state index in [4.69, 9.17) is 16.6 Å². The summed E-state index contributed by atoms with van der Waals surface area (Å²) in [6.07, 6.45) is 1.89. The van der Waals surface area contributed by atoms with Crippen molar-refractivity contribution >= 4 is 29.4 Å². The third-order valence-electron chi connectivity index (χ3n) is 5.64. The van der Waals surface area contributed by atoms with E-state index in [-0.39, 0.29) is 24.4 Å². The zero-order chi connectivity index (χ0) is 24.9. The van der Waals surface area contributed by atoms with E-state index in [0.717, 1.165) is 22.5 Å². The second-order valence-corrected chi connectivity index (χ2v) is 8.98. The third-order valence-corrected chi connectivity index (χ3v) is 5.97. The largest absolute Gasteiger partial charge is 0.327 e. The number of hydrogen-bond acceptors (Lipinski definition) is 3. The molecule has 2 amide bonds. The number of rotatable bonds is 7. The van der Waals surface area contributed by atoms with Crippen molar-refractivity contribution in [1.29, 1.82) is 0 Å². The fraction of sp³-hybridized carbons (Fsp3) is 0.179. The number of halogens is 1. The summed E-state index contributed by atoms with van der Waals surface area (Å²) in [7, 11) is 0. The van der Waals surface area contributed by atoms with Crippen LogP contribution in [-0.4, -0.2) is 38.9 Å². The fourth-order valence-electron chi connectivity index (χ4n) is 3.72. The van der Waals surface area contributed by atoms with Crippen LogP contribution in [0, 0.1) is 6.92 Å². The average molecular weight is 487 g/mol. The first-order chi connectivity index (χ1) is 16.8. The summed E-state index contributed by atoms with van der Waals surface area (Å²) >= 11 is 6.23. The summed E-state index contributed by atoms with van der Waals surface area (Å²) in [5, 5.41) is 3.26. The summed E-state index contributed by atoms with van der Waals surface area (Å²) < 4.78 is 1.84. The van der Waals surface area contributed by atoms with E-state index >= 15 is 0 Å². The standard InChI is InChI=1S/C28H27ClN4O2/c1-19(2)32(27(35)23-11-7-8-12-24(23)29)18-26(34)31-28-30-25(21-9-5-4-6-10-21)17-33(28)22-15-13-20(3)14-16-22/h4-17,19H,18H2,1-3H3,(H,30,31,34). The molecule has 0 aliphatic heterocycles. The molecule has 0 aliphatic carbocycles. The van der Waals surface area contributed by atoms with Crippen molar-refractivity contribution in [3.8, 4) is 16.9 Å². The number of nitrogens with one attached hydrogen (secondary N) is 1. The number of carbonyl (C=O) groups is 2. The fourth-order valence-corrected chi connectivity index (χ4v) is 3.93. The van der Waals surface area contributed by atoms with Crippen LogP contribution in [0.2, 0.25) is 5.02 Å². The van der Waals surface area contributed by atoms with Crippen molar-refractivity contribution in [3.63, 3.8) is 0 Å². The van der Waals surface area contributed by atoms with Gasteiger partial charge in [0, 0.05) is 23.5 Å². The molecule has 6 nitrogen and oxygen atoms in total. The molecule has 35 heavy (non-hydrogen) atoms. The molecule has 0 spiro atoms. The van der Waals surface area contributed by atoms with Gasteiger partial charge in [0.2, 0.25) is 11.9 Å². The van der Waals surface area contributed by atoms with Gasteiger partial charge in [0.05, 0.1) is 16.3 Å². The molecule has 0 atom stereocenters. The lowest BCUT2D eigenvalue weighted by atomic mass is 10.1. The van der Waals surface area contributed by atoms with Gasteiger partial charge in [-0.25, -0.2) is 4.98 Å². The molecular weight excluding hydrogens is 460 g/mol. The molecule has 3 aromatic carbocycles. The van der Waals surface area contributed by atoms with E-state index in [1.165, 1.54) is 4.90 Å². The second kappa shape index (κ2) is 10.6. The Morgan fingerprint density at radius 1 is 0.971 bits per heavy atom.